The number of carbonyl (C=O) groups is 1. The number of rotatable bonds is 2. The molecule has 21 heavy (non-hydrogen) atoms. The molecule has 0 saturated heterocycles. The highest BCUT2D eigenvalue weighted by Crippen LogP contribution is 2.25. The van der Waals surface area contributed by atoms with Crippen LogP contribution in [-0.2, 0) is 0 Å². The Morgan fingerprint density at radius 1 is 1.05 bits per heavy atom. The molecule has 2 nitrogen and oxygen atoms in total. The topological polar surface area (TPSA) is 30.2 Å². The smallest absolute Gasteiger partial charge is 0.234 e. The van der Waals surface area contributed by atoms with E-state index in [0.717, 1.165) is 6.07 Å². The van der Waals surface area contributed by atoms with Gasteiger partial charge < -0.3 is 4.42 Å². The predicted molar refractivity (Wildman–Crippen MR) is 70.7 cm³/mol. The number of benzene rings is 2. The molecule has 0 fully saturated rings. The van der Waals surface area contributed by atoms with E-state index in [4.69, 9.17) is 4.42 Å². The largest absolute Gasteiger partial charge is 0.453 e. The first-order chi connectivity index (χ1) is 9.97. The van der Waals surface area contributed by atoms with Crippen molar-refractivity contribution in [2.75, 3.05) is 0 Å². The summed E-state index contributed by atoms with van der Waals surface area (Å²) in [6, 6.07) is 7.24. The van der Waals surface area contributed by atoms with Crippen LogP contribution in [0.4, 0.5) is 13.2 Å². The van der Waals surface area contributed by atoms with Crippen LogP contribution in [-0.4, -0.2) is 5.78 Å². The monoisotopic (exact) mass is 290 g/mol. The molecule has 0 N–H and O–H groups in total. The molecule has 3 aromatic rings. The number of hydrogen-bond donors (Lipinski definition) is 0. The van der Waals surface area contributed by atoms with Crippen LogP contribution in [0, 0.1) is 24.4 Å². The van der Waals surface area contributed by atoms with E-state index in [-0.39, 0.29) is 16.9 Å². The number of hydrogen-bond acceptors (Lipinski definition) is 2. The maximum absolute atomic E-state index is 14.0. The highest BCUT2D eigenvalue weighted by atomic mass is 19.1. The minimum atomic E-state index is -0.963. The summed E-state index contributed by atoms with van der Waals surface area (Å²) >= 11 is 0. The number of ketones is 1. The molecular formula is C16H9F3O2. The SMILES string of the molecule is Cc1ccc(F)c(C(=O)c2cc3cc(F)ccc3o2)c1F. The summed E-state index contributed by atoms with van der Waals surface area (Å²) in [6.07, 6.45) is 0. The lowest BCUT2D eigenvalue weighted by molar-refractivity contribution is 0.100. The molecule has 0 aliphatic rings. The van der Waals surface area contributed by atoms with Crippen LogP contribution in [0.2, 0.25) is 0 Å². The standard InChI is InChI=1S/C16H9F3O2/c1-8-2-4-11(18)14(15(8)19)16(20)13-7-9-6-10(17)3-5-12(9)21-13/h2-7H,1H3. The molecule has 0 spiro atoms. The van der Waals surface area contributed by atoms with Gasteiger partial charge in [-0.1, -0.05) is 6.07 Å². The summed E-state index contributed by atoms with van der Waals surface area (Å²) in [5.41, 5.74) is -0.246. The van der Waals surface area contributed by atoms with Gasteiger partial charge in [-0.05, 0) is 42.8 Å². The third kappa shape index (κ3) is 2.20. The fraction of sp³-hybridized carbons (Fsp3) is 0.0625. The van der Waals surface area contributed by atoms with Crippen molar-refractivity contribution in [2.24, 2.45) is 0 Å². The van der Waals surface area contributed by atoms with Crippen LogP contribution < -0.4 is 0 Å². The van der Waals surface area contributed by atoms with Crippen molar-refractivity contribution in [1.29, 1.82) is 0 Å². The maximum atomic E-state index is 14.0. The molecule has 0 radical (unpaired) electrons. The molecule has 1 aromatic heterocycles. The predicted octanol–water partition coefficient (Wildman–Crippen LogP) is 4.39. The lowest BCUT2D eigenvalue weighted by atomic mass is 10.0. The zero-order valence-electron chi connectivity index (χ0n) is 10.9. The Balaban J connectivity index is 2.15. The van der Waals surface area contributed by atoms with Gasteiger partial charge in [-0.3, -0.25) is 4.79 Å². The van der Waals surface area contributed by atoms with Gasteiger partial charge in [-0.25, -0.2) is 13.2 Å². The van der Waals surface area contributed by atoms with Gasteiger partial charge >= 0.3 is 0 Å². The Kier molecular flexibility index (Phi) is 3.05. The quantitative estimate of drug-likeness (QED) is 0.655. The van der Waals surface area contributed by atoms with E-state index in [2.05, 4.69) is 0 Å². The fourth-order valence-corrected chi connectivity index (χ4v) is 2.11. The fourth-order valence-electron chi connectivity index (χ4n) is 2.11. The van der Waals surface area contributed by atoms with E-state index in [1.54, 1.807) is 0 Å². The number of furan rings is 1. The van der Waals surface area contributed by atoms with Crippen LogP contribution in [0.5, 0.6) is 0 Å². The lowest BCUT2D eigenvalue weighted by Gasteiger charge is -2.04. The molecule has 2 aromatic carbocycles. The van der Waals surface area contributed by atoms with Gasteiger partial charge in [0.25, 0.3) is 0 Å². The van der Waals surface area contributed by atoms with Crippen molar-refractivity contribution >= 4 is 16.8 Å². The molecule has 0 unspecified atom stereocenters. The van der Waals surface area contributed by atoms with Gasteiger partial charge in [0.05, 0.1) is 5.56 Å². The summed E-state index contributed by atoms with van der Waals surface area (Å²) in [5.74, 6) is -3.53. The summed E-state index contributed by atoms with van der Waals surface area (Å²) in [4.78, 5) is 12.2. The van der Waals surface area contributed by atoms with Crippen LogP contribution >= 0.6 is 0 Å². The second-order valence-corrected chi connectivity index (χ2v) is 4.68. The third-order valence-corrected chi connectivity index (χ3v) is 3.21. The average molecular weight is 290 g/mol. The van der Waals surface area contributed by atoms with Crippen molar-refractivity contribution in [3.8, 4) is 0 Å². The molecule has 0 saturated carbocycles. The van der Waals surface area contributed by atoms with E-state index in [1.165, 1.54) is 37.3 Å². The average Bonchev–Trinajstić information content (AvgIpc) is 2.86. The zero-order valence-corrected chi connectivity index (χ0v) is 10.9. The van der Waals surface area contributed by atoms with Crippen molar-refractivity contribution in [3.63, 3.8) is 0 Å². The maximum Gasteiger partial charge on any atom is 0.234 e. The normalized spacial score (nSPS) is 11.0. The number of carbonyl (C=O) groups excluding carboxylic acids is 1. The van der Waals surface area contributed by atoms with Crippen LogP contribution in [0.3, 0.4) is 0 Å². The van der Waals surface area contributed by atoms with Gasteiger partial charge in [-0.15, -0.1) is 0 Å². The molecule has 0 aliphatic heterocycles. The van der Waals surface area contributed by atoms with Gasteiger partial charge in [0.15, 0.2) is 5.76 Å². The van der Waals surface area contributed by atoms with E-state index in [0.29, 0.717) is 5.39 Å². The minimum absolute atomic E-state index is 0.155. The molecule has 0 amide bonds. The molecule has 0 atom stereocenters. The second-order valence-electron chi connectivity index (χ2n) is 4.68. The molecular weight excluding hydrogens is 281 g/mol. The molecule has 3 rings (SSSR count). The Morgan fingerprint density at radius 2 is 1.81 bits per heavy atom. The van der Waals surface area contributed by atoms with Crippen molar-refractivity contribution < 1.29 is 22.4 Å². The molecule has 5 heteroatoms. The van der Waals surface area contributed by atoms with Crippen molar-refractivity contribution in [2.45, 2.75) is 6.92 Å². The highest BCUT2D eigenvalue weighted by molar-refractivity contribution is 6.09. The zero-order chi connectivity index (χ0) is 15.1. The molecule has 1 heterocycles. The summed E-state index contributed by atoms with van der Waals surface area (Å²) < 4.78 is 46.0. The van der Waals surface area contributed by atoms with Gasteiger partial charge in [0.2, 0.25) is 5.78 Å². The van der Waals surface area contributed by atoms with Gasteiger partial charge in [0, 0.05) is 5.39 Å². The third-order valence-electron chi connectivity index (χ3n) is 3.21. The second kappa shape index (κ2) is 4.77. The van der Waals surface area contributed by atoms with E-state index in [1.807, 2.05) is 0 Å². The van der Waals surface area contributed by atoms with E-state index < -0.39 is 28.8 Å². The van der Waals surface area contributed by atoms with Gasteiger partial charge in [-0.2, -0.15) is 0 Å². The lowest BCUT2D eigenvalue weighted by Crippen LogP contribution is -2.07. The summed E-state index contributed by atoms with van der Waals surface area (Å²) in [5, 5.41) is 0.354. The minimum Gasteiger partial charge on any atom is -0.453 e. The van der Waals surface area contributed by atoms with Gasteiger partial charge in [0.1, 0.15) is 23.0 Å². The highest BCUT2D eigenvalue weighted by Gasteiger charge is 2.23. The number of fused-ring (bicyclic) bond motifs is 1. The molecule has 0 bridgehead atoms. The van der Waals surface area contributed by atoms with Crippen LogP contribution in [0.1, 0.15) is 21.7 Å². The first-order valence-electron chi connectivity index (χ1n) is 6.16. The first kappa shape index (κ1) is 13.4. The number of aryl methyl sites for hydroxylation is 1. The Bertz CT molecular complexity index is 865. The molecule has 0 aliphatic carbocycles. The van der Waals surface area contributed by atoms with Crippen molar-refractivity contribution in [3.05, 3.63) is 70.7 Å². The Labute approximate surface area is 117 Å². The van der Waals surface area contributed by atoms with E-state index >= 15 is 0 Å². The van der Waals surface area contributed by atoms with Crippen LogP contribution in [0.15, 0.2) is 40.8 Å². The van der Waals surface area contributed by atoms with Crippen molar-refractivity contribution in [1.82, 2.24) is 0 Å². The number of halogens is 3. The summed E-state index contributed by atoms with van der Waals surface area (Å²) in [7, 11) is 0. The van der Waals surface area contributed by atoms with Crippen LogP contribution in [0.25, 0.3) is 11.0 Å². The first-order valence-corrected chi connectivity index (χ1v) is 6.16. The van der Waals surface area contributed by atoms with E-state index in [9.17, 15) is 18.0 Å². The Hall–Kier alpha value is -2.56. The molecule has 106 valence electrons. The Morgan fingerprint density at radius 3 is 2.57 bits per heavy atom. The summed E-state index contributed by atoms with van der Waals surface area (Å²) in [6.45, 7) is 1.43.